The summed E-state index contributed by atoms with van der Waals surface area (Å²) >= 11 is 0. The van der Waals surface area contributed by atoms with E-state index in [0.717, 1.165) is 0 Å². The molecule has 0 radical (unpaired) electrons. The molecular weight excluding hydrogens is 146 g/mol. The molecule has 0 saturated heterocycles. The molecule has 1 rings (SSSR count). The Morgan fingerprint density at radius 1 is 1.73 bits per heavy atom. The molecule has 0 saturated carbocycles. The molecule has 0 fully saturated rings. The number of amides is 1. The first-order valence-corrected chi connectivity index (χ1v) is 3.13. The number of hydrogen-bond acceptors (Lipinski definition) is 3. The first kappa shape index (κ1) is 7.65. The molecule has 1 N–H and O–H groups in total. The summed E-state index contributed by atoms with van der Waals surface area (Å²) in [5.74, 6) is 0.662. The number of anilines is 1. The van der Waals surface area contributed by atoms with Crippen molar-refractivity contribution in [3.63, 3.8) is 0 Å². The van der Waals surface area contributed by atoms with Gasteiger partial charge in [-0.2, -0.15) is 0 Å². The third-order valence-corrected chi connectivity index (χ3v) is 1.28. The molecular formula is C7H9NO3. The maximum absolute atomic E-state index is 10.7. The lowest BCUT2D eigenvalue weighted by Gasteiger charge is -1.99. The van der Waals surface area contributed by atoms with E-state index in [1.165, 1.54) is 13.4 Å². The van der Waals surface area contributed by atoms with Crippen molar-refractivity contribution in [1.29, 1.82) is 0 Å². The highest BCUT2D eigenvalue weighted by molar-refractivity contribution is 5.84. The molecule has 1 aromatic rings. The predicted octanol–water partition coefficient (Wildman–Crippen LogP) is 1.77. The van der Waals surface area contributed by atoms with Crippen LogP contribution in [0.1, 0.15) is 5.76 Å². The standard InChI is InChI=1S/C7H9NO3/c1-5-6(3-4-11-5)8-7(9)10-2/h3-4H,1-2H3,(H,8,9). The molecule has 1 aromatic heterocycles. The second-order valence-electron chi connectivity index (χ2n) is 2.01. The number of rotatable bonds is 1. The number of carbonyl (C=O) groups is 1. The van der Waals surface area contributed by atoms with Crippen LogP contribution in [0.25, 0.3) is 0 Å². The molecule has 60 valence electrons. The van der Waals surface area contributed by atoms with Gasteiger partial charge in [0.15, 0.2) is 0 Å². The van der Waals surface area contributed by atoms with Gasteiger partial charge in [-0.25, -0.2) is 4.79 Å². The van der Waals surface area contributed by atoms with Gasteiger partial charge in [-0.05, 0) is 6.92 Å². The van der Waals surface area contributed by atoms with Crippen LogP contribution in [0.4, 0.5) is 10.5 Å². The summed E-state index contributed by atoms with van der Waals surface area (Å²) in [6.07, 6.45) is 1.01. The SMILES string of the molecule is COC(=O)Nc1ccoc1C. The Balaban J connectivity index is 2.64. The number of carbonyl (C=O) groups excluding carboxylic acids is 1. The van der Waals surface area contributed by atoms with Gasteiger partial charge in [-0.1, -0.05) is 0 Å². The molecule has 0 aliphatic heterocycles. The van der Waals surface area contributed by atoms with Crippen molar-refractivity contribution in [3.05, 3.63) is 18.1 Å². The molecule has 0 bridgehead atoms. The molecule has 4 nitrogen and oxygen atoms in total. The average Bonchev–Trinajstić information content (AvgIpc) is 2.37. The molecule has 0 spiro atoms. The van der Waals surface area contributed by atoms with Crippen LogP contribution >= 0.6 is 0 Å². The van der Waals surface area contributed by atoms with Crippen molar-refractivity contribution in [2.45, 2.75) is 6.92 Å². The highest BCUT2D eigenvalue weighted by Crippen LogP contribution is 2.14. The summed E-state index contributed by atoms with van der Waals surface area (Å²) in [7, 11) is 1.31. The van der Waals surface area contributed by atoms with Crippen molar-refractivity contribution in [2.75, 3.05) is 12.4 Å². The van der Waals surface area contributed by atoms with Gasteiger partial charge in [0.1, 0.15) is 5.76 Å². The zero-order chi connectivity index (χ0) is 8.27. The van der Waals surface area contributed by atoms with Gasteiger partial charge in [0.05, 0.1) is 19.1 Å². The summed E-state index contributed by atoms with van der Waals surface area (Å²) in [5, 5.41) is 2.48. The van der Waals surface area contributed by atoms with Crippen LogP contribution in [0.15, 0.2) is 16.7 Å². The molecule has 1 amide bonds. The smallest absolute Gasteiger partial charge is 0.411 e. The Kier molecular flexibility index (Phi) is 2.15. The number of hydrogen-bond donors (Lipinski definition) is 1. The minimum Gasteiger partial charge on any atom is -0.467 e. The summed E-state index contributed by atoms with van der Waals surface area (Å²) in [4.78, 5) is 10.7. The number of furan rings is 1. The van der Waals surface area contributed by atoms with Gasteiger partial charge in [0.2, 0.25) is 0 Å². The number of nitrogens with one attached hydrogen (secondary N) is 1. The van der Waals surface area contributed by atoms with E-state index in [4.69, 9.17) is 4.42 Å². The summed E-state index contributed by atoms with van der Waals surface area (Å²) in [6.45, 7) is 1.76. The summed E-state index contributed by atoms with van der Waals surface area (Å²) < 4.78 is 9.33. The average molecular weight is 155 g/mol. The van der Waals surface area contributed by atoms with Crippen LogP contribution in [0, 0.1) is 6.92 Å². The number of ether oxygens (including phenoxy) is 1. The highest BCUT2D eigenvalue weighted by atomic mass is 16.5. The van der Waals surface area contributed by atoms with Crippen LogP contribution in [0.3, 0.4) is 0 Å². The molecule has 4 heteroatoms. The second-order valence-corrected chi connectivity index (χ2v) is 2.01. The summed E-state index contributed by atoms with van der Waals surface area (Å²) in [6, 6.07) is 1.66. The van der Waals surface area contributed by atoms with Crippen molar-refractivity contribution >= 4 is 11.8 Å². The van der Waals surface area contributed by atoms with Gasteiger partial charge in [-0.3, -0.25) is 5.32 Å². The monoisotopic (exact) mass is 155 g/mol. The minimum absolute atomic E-state index is 0.491. The summed E-state index contributed by atoms with van der Waals surface area (Å²) in [5.41, 5.74) is 0.636. The second kappa shape index (κ2) is 3.09. The van der Waals surface area contributed by atoms with Gasteiger partial charge in [-0.15, -0.1) is 0 Å². The first-order valence-electron chi connectivity index (χ1n) is 3.13. The third kappa shape index (κ3) is 1.73. The van der Waals surface area contributed by atoms with Crippen LogP contribution in [-0.4, -0.2) is 13.2 Å². The quantitative estimate of drug-likeness (QED) is 0.672. The van der Waals surface area contributed by atoms with Crippen LogP contribution in [0.2, 0.25) is 0 Å². The van der Waals surface area contributed by atoms with Gasteiger partial charge in [0, 0.05) is 6.07 Å². The highest BCUT2D eigenvalue weighted by Gasteiger charge is 2.04. The fraction of sp³-hybridized carbons (Fsp3) is 0.286. The number of methoxy groups -OCH3 is 1. The maximum atomic E-state index is 10.7. The normalized spacial score (nSPS) is 9.27. The Labute approximate surface area is 64.1 Å². The molecule has 0 aromatic carbocycles. The van der Waals surface area contributed by atoms with Crippen molar-refractivity contribution in [1.82, 2.24) is 0 Å². The van der Waals surface area contributed by atoms with E-state index in [1.807, 2.05) is 0 Å². The zero-order valence-electron chi connectivity index (χ0n) is 6.38. The fourth-order valence-electron chi connectivity index (χ4n) is 0.676. The lowest BCUT2D eigenvalue weighted by Crippen LogP contribution is -2.10. The molecule has 0 aliphatic carbocycles. The largest absolute Gasteiger partial charge is 0.467 e. The van der Waals surface area contributed by atoms with E-state index in [0.29, 0.717) is 11.4 Å². The molecule has 1 heterocycles. The predicted molar refractivity (Wildman–Crippen MR) is 39.5 cm³/mol. The third-order valence-electron chi connectivity index (χ3n) is 1.28. The van der Waals surface area contributed by atoms with E-state index in [-0.39, 0.29) is 0 Å². The van der Waals surface area contributed by atoms with Crippen molar-refractivity contribution in [2.24, 2.45) is 0 Å². The lowest BCUT2D eigenvalue weighted by atomic mass is 10.4. The van der Waals surface area contributed by atoms with Gasteiger partial charge in [0.25, 0.3) is 0 Å². The Morgan fingerprint density at radius 3 is 2.91 bits per heavy atom. The Bertz CT molecular complexity index is 254. The van der Waals surface area contributed by atoms with Crippen LogP contribution in [-0.2, 0) is 4.74 Å². The van der Waals surface area contributed by atoms with Crippen LogP contribution < -0.4 is 5.32 Å². The van der Waals surface area contributed by atoms with Crippen molar-refractivity contribution in [3.8, 4) is 0 Å². The Morgan fingerprint density at radius 2 is 2.45 bits per heavy atom. The topological polar surface area (TPSA) is 51.5 Å². The molecule has 0 atom stereocenters. The number of aryl methyl sites for hydroxylation is 1. The van der Waals surface area contributed by atoms with E-state index >= 15 is 0 Å². The maximum Gasteiger partial charge on any atom is 0.411 e. The van der Waals surface area contributed by atoms with E-state index in [1.54, 1.807) is 13.0 Å². The van der Waals surface area contributed by atoms with Gasteiger partial charge < -0.3 is 9.15 Å². The first-order chi connectivity index (χ1) is 5.24. The van der Waals surface area contributed by atoms with Gasteiger partial charge >= 0.3 is 6.09 Å². The zero-order valence-corrected chi connectivity index (χ0v) is 6.38. The minimum atomic E-state index is -0.491. The molecule has 0 aliphatic rings. The van der Waals surface area contributed by atoms with Crippen LogP contribution in [0.5, 0.6) is 0 Å². The van der Waals surface area contributed by atoms with E-state index in [2.05, 4.69) is 10.1 Å². The molecule has 0 unspecified atom stereocenters. The lowest BCUT2D eigenvalue weighted by molar-refractivity contribution is 0.187. The van der Waals surface area contributed by atoms with E-state index in [9.17, 15) is 4.79 Å². The Hall–Kier alpha value is -1.45. The van der Waals surface area contributed by atoms with E-state index < -0.39 is 6.09 Å². The van der Waals surface area contributed by atoms with Crippen molar-refractivity contribution < 1.29 is 13.9 Å². The molecule has 11 heavy (non-hydrogen) atoms. The fourth-order valence-corrected chi connectivity index (χ4v) is 0.676.